The van der Waals surface area contributed by atoms with E-state index in [2.05, 4.69) is 165 Å². The van der Waals surface area contributed by atoms with Gasteiger partial charge < -0.3 is 19.8 Å². The summed E-state index contributed by atoms with van der Waals surface area (Å²) in [7, 11) is 1.52. The second-order valence-corrected chi connectivity index (χ2v) is 20.7. The Morgan fingerprint density at radius 2 is 0.833 bits per heavy atom. The summed E-state index contributed by atoms with van der Waals surface area (Å²) in [4.78, 5) is 23.2. The number of phosphoric acid groups is 1. The number of carbonyl (C=O) groups is 1. The maximum absolute atomic E-state index is 12.9. The van der Waals surface area contributed by atoms with Gasteiger partial charge in [-0.25, -0.2) is 4.57 Å². The molecule has 3 N–H and O–H groups in total. The zero-order valence-corrected chi connectivity index (χ0v) is 47.0. The van der Waals surface area contributed by atoms with E-state index in [0.29, 0.717) is 23.9 Å². The number of hydrogen-bond acceptors (Lipinski definition) is 5. The van der Waals surface area contributed by atoms with E-state index in [1.54, 1.807) is 6.08 Å². The fourth-order valence-corrected chi connectivity index (χ4v) is 7.64. The molecular formula is C63H104N2O6P+. The second kappa shape index (κ2) is 52.0. The van der Waals surface area contributed by atoms with Crippen LogP contribution in [-0.4, -0.2) is 73.4 Å². The predicted molar refractivity (Wildman–Crippen MR) is 313 cm³/mol. The number of quaternary nitrogens is 1. The maximum Gasteiger partial charge on any atom is 0.472 e. The molecule has 0 saturated carbocycles. The van der Waals surface area contributed by atoms with Crippen LogP contribution in [-0.2, 0) is 18.4 Å². The van der Waals surface area contributed by atoms with Crippen LogP contribution in [0.15, 0.2) is 158 Å². The van der Waals surface area contributed by atoms with Crippen LogP contribution in [0.25, 0.3) is 0 Å². The lowest BCUT2D eigenvalue weighted by molar-refractivity contribution is -0.870. The van der Waals surface area contributed by atoms with Crippen LogP contribution in [0.3, 0.4) is 0 Å². The average Bonchev–Trinajstić information content (AvgIpc) is 3.34. The van der Waals surface area contributed by atoms with Crippen molar-refractivity contribution in [1.29, 1.82) is 0 Å². The summed E-state index contributed by atoms with van der Waals surface area (Å²) >= 11 is 0. The van der Waals surface area contributed by atoms with Crippen molar-refractivity contribution in [2.24, 2.45) is 0 Å². The van der Waals surface area contributed by atoms with Gasteiger partial charge in [0.05, 0.1) is 39.9 Å². The van der Waals surface area contributed by atoms with Gasteiger partial charge in [0.15, 0.2) is 0 Å². The number of nitrogens with one attached hydrogen (secondary N) is 1. The highest BCUT2D eigenvalue weighted by Crippen LogP contribution is 2.43. The summed E-state index contributed by atoms with van der Waals surface area (Å²) in [6.45, 7) is 4.62. The van der Waals surface area contributed by atoms with E-state index in [9.17, 15) is 19.4 Å². The van der Waals surface area contributed by atoms with Gasteiger partial charge in [0.25, 0.3) is 0 Å². The lowest BCUT2D eigenvalue weighted by Crippen LogP contribution is -2.45. The van der Waals surface area contributed by atoms with Crippen LogP contribution >= 0.6 is 7.82 Å². The highest BCUT2D eigenvalue weighted by Gasteiger charge is 2.27. The average molecular weight is 1020 g/mol. The quantitative estimate of drug-likeness (QED) is 0.0243. The second-order valence-electron chi connectivity index (χ2n) is 19.2. The van der Waals surface area contributed by atoms with E-state index >= 15 is 0 Å². The number of amides is 1. The van der Waals surface area contributed by atoms with Crippen molar-refractivity contribution in [3.63, 3.8) is 0 Å². The summed E-state index contributed by atoms with van der Waals surface area (Å²) in [5.41, 5.74) is 0. The Kier molecular flexibility index (Phi) is 49.2. The molecule has 0 saturated heterocycles. The molecule has 0 aliphatic rings. The van der Waals surface area contributed by atoms with Crippen molar-refractivity contribution in [1.82, 2.24) is 5.32 Å². The molecule has 0 fully saturated rings. The Hall–Kier alpha value is -3.88. The number of phosphoric ester groups is 1. The first-order valence-electron chi connectivity index (χ1n) is 27.9. The Morgan fingerprint density at radius 3 is 1.22 bits per heavy atom. The molecule has 0 aliphatic heterocycles. The lowest BCUT2D eigenvalue weighted by Gasteiger charge is -2.25. The Labute approximate surface area is 441 Å². The molecule has 72 heavy (non-hydrogen) atoms. The van der Waals surface area contributed by atoms with E-state index < -0.39 is 20.0 Å². The molecule has 8 nitrogen and oxygen atoms in total. The van der Waals surface area contributed by atoms with Crippen molar-refractivity contribution >= 4 is 13.7 Å². The molecule has 0 bridgehead atoms. The predicted octanol–water partition coefficient (Wildman–Crippen LogP) is 17.1. The summed E-state index contributed by atoms with van der Waals surface area (Å²) in [6, 6.07) is -0.880. The Balaban J connectivity index is 4.24. The highest BCUT2D eigenvalue weighted by molar-refractivity contribution is 7.47. The van der Waals surface area contributed by atoms with Crippen molar-refractivity contribution in [3.05, 3.63) is 158 Å². The molecule has 0 spiro atoms. The smallest absolute Gasteiger partial charge is 0.387 e. The lowest BCUT2D eigenvalue weighted by atomic mass is 10.1. The van der Waals surface area contributed by atoms with E-state index in [0.717, 1.165) is 109 Å². The zero-order valence-electron chi connectivity index (χ0n) is 46.1. The maximum atomic E-state index is 12.9. The normalized spacial score (nSPS) is 15.2. The van der Waals surface area contributed by atoms with Gasteiger partial charge in [0.2, 0.25) is 5.91 Å². The summed E-state index contributed by atoms with van der Waals surface area (Å²) in [6.07, 6.45) is 82.1. The van der Waals surface area contributed by atoms with Gasteiger partial charge in [-0.3, -0.25) is 13.8 Å². The number of unbranched alkanes of at least 4 members (excludes halogenated alkanes) is 11. The first-order chi connectivity index (χ1) is 35.0. The first kappa shape index (κ1) is 68.1. The van der Waals surface area contributed by atoms with Gasteiger partial charge in [-0.05, 0) is 109 Å². The van der Waals surface area contributed by atoms with Crippen molar-refractivity contribution in [3.8, 4) is 0 Å². The van der Waals surface area contributed by atoms with Crippen LogP contribution in [0.1, 0.15) is 181 Å². The Bertz CT molecular complexity index is 1720. The van der Waals surface area contributed by atoms with E-state index in [1.165, 1.54) is 44.9 Å². The Morgan fingerprint density at radius 1 is 0.486 bits per heavy atom. The zero-order chi connectivity index (χ0) is 52.7. The van der Waals surface area contributed by atoms with Crippen LogP contribution < -0.4 is 5.32 Å². The number of carbonyl (C=O) groups excluding carboxylic acids is 1. The number of rotatable bonds is 48. The third-order valence-electron chi connectivity index (χ3n) is 11.3. The minimum atomic E-state index is -4.36. The molecule has 1 amide bonds. The molecule has 406 valence electrons. The molecule has 0 aromatic rings. The van der Waals surface area contributed by atoms with Gasteiger partial charge in [-0.1, -0.05) is 223 Å². The third kappa shape index (κ3) is 53.9. The van der Waals surface area contributed by atoms with E-state index in [4.69, 9.17) is 9.05 Å². The molecule has 0 aliphatic carbocycles. The minimum absolute atomic E-state index is 0.0440. The van der Waals surface area contributed by atoms with Gasteiger partial charge in [0, 0.05) is 6.42 Å². The molecule has 0 heterocycles. The molecular weight excluding hydrogens is 912 g/mol. The van der Waals surface area contributed by atoms with Gasteiger partial charge >= 0.3 is 7.82 Å². The number of likely N-dealkylation sites (N-methyl/N-ethyl adjacent to an activating group) is 1. The molecule has 9 heteroatoms. The molecule has 0 aromatic carbocycles. The molecule has 3 atom stereocenters. The first-order valence-corrected chi connectivity index (χ1v) is 29.4. The largest absolute Gasteiger partial charge is 0.472 e. The van der Waals surface area contributed by atoms with Gasteiger partial charge in [-0.2, -0.15) is 0 Å². The number of hydrogen-bond donors (Lipinski definition) is 3. The molecule has 0 aromatic heterocycles. The van der Waals surface area contributed by atoms with Gasteiger partial charge in [0.1, 0.15) is 13.2 Å². The number of aliphatic hydroxyl groups is 1. The van der Waals surface area contributed by atoms with E-state index in [-0.39, 0.29) is 19.1 Å². The van der Waals surface area contributed by atoms with Crippen molar-refractivity contribution in [2.75, 3.05) is 40.9 Å². The topological polar surface area (TPSA) is 105 Å². The van der Waals surface area contributed by atoms with Gasteiger partial charge in [-0.15, -0.1) is 0 Å². The highest BCUT2D eigenvalue weighted by atomic mass is 31.2. The fraction of sp³-hybridized carbons (Fsp3) is 0.571. The molecule has 0 rings (SSSR count). The van der Waals surface area contributed by atoms with Crippen molar-refractivity contribution in [2.45, 2.75) is 193 Å². The van der Waals surface area contributed by atoms with Crippen LogP contribution in [0.4, 0.5) is 0 Å². The summed E-state index contributed by atoms with van der Waals surface area (Å²) in [5.74, 6) is -0.228. The standard InChI is InChI=1S/C63H103N2O6P/c1-6-8-10-12-14-16-18-19-20-21-22-23-24-25-26-27-28-29-30-31-32-33-34-35-36-37-38-39-40-41-42-43-44-45-47-49-51-53-55-57-63(67)64-61(60-71-72(68,69)70-59-58-65(3,4)5)62(66)56-54-52-50-48-46-17-15-13-11-9-7-2/h8,10,14,16,19-20,22-23,25-26,28-29,31-32,34-35,37-38,40-41,43-44,47,49,54,56,61-62,66H,6-7,9,11-13,15,17-18,21,24,27,30,33,36,39,42,45-46,48,50-53,55,57-60H2,1-5H3,(H-,64,67,68,69)/p+1/b10-8-,16-14-,20-19-,23-22-,26-25-,29-28-,32-31-,35-34-,38-37-,41-40-,44-43-,49-47-,56-54+. The number of allylic oxidation sites excluding steroid dienone is 25. The third-order valence-corrected chi connectivity index (χ3v) is 12.2. The molecule has 3 unspecified atom stereocenters. The van der Waals surface area contributed by atoms with Crippen LogP contribution in [0.2, 0.25) is 0 Å². The summed E-state index contributed by atoms with van der Waals surface area (Å²) in [5, 5.41) is 13.8. The van der Waals surface area contributed by atoms with E-state index in [1.807, 2.05) is 27.2 Å². The fourth-order valence-electron chi connectivity index (χ4n) is 6.90. The summed E-state index contributed by atoms with van der Waals surface area (Å²) < 4.78 is 23.6. The van der Waals surface area contributed by atoms with Crippen LogP contribution in [0, 0.1) is 0 Å². The molecule has 0 radical (unpaired) electrons. The SMILES string of the molecule is CC/C=C\C/C=C\C/C=C\C/C=C\C/C=C\C/C=C\C/C=C\C/C=C\C/C=C\C/C=C\C/C=C\C/C=C\CCCCC(=O)NC(COP(=O)(O)OCC[N+](C)(C)C)C(O)/C=C/CCCCCCCCCCC. The number of nitrogens with zero attached hydrogens (tertiary/aromatic N) is 1. The monoisotopic (exact) mass is 1020 g/mol. The minimum Gasteiger partial charge on any atom is -0.387 e. The van der Waals surface area contributed by atoms with Crippen LogP contribution in [0.5, 0.6) is 0 Å². The van der Waals surface area contributed by atoms with Crippen molar-refractivity contribution < 1.29 is 32.9 Å². The number of aliphatic hydroxyl groups excluding tert-OH is 1.